The Labute approximate surface area is 81.0 Å². The minimum absolute atomic E-state index is 0.724. The lowest BCUT2D eigenvalue weighted by atomic mass is 9.98. The van der Waals surface area contributed by atoms with Crippen molar-refractivity contribution in [2.24, 2.45) is 0 Å². The summed E-state index contributed by atoms with van der Waals surface area (Å²) in [6, 6.07) is 4.42. The summed E-state index contributed by atoms with van der Waals surface area (Å²) in [4.78, 5) is 0. The van der Waals surface area contributed by atoms with Gasteiger partial charge in [-0.15, -0.1) is 0 Å². The molecule has 0 aromatic heterocycles. The molecule has 0 saturated heterocycles. The van der Waals surface area contributed by atoms with Gasteiger partial charge in [0.05, 0.1) is 0 Å². The third-order valence-corrected chi connectivity index (χ3v) is 2.53. The van der Waals surface area contributed by atoms with Crippen molar-refractivity contribution in [3.63, 3.8) is 0 Å². The molecule has 0 N–H and O–H groups in total. The molecule has 1 rings (SSSR count). The number of hydrogen-bond donors (Lipinski definition) is 0. The van der Waals surface area contributed by atoms with Gasteiger partial charge in [0.15, 0.2) is 0 Å². The molecule has 13 heavy (non-hydrogen) atoms. The second-order valence-corrected chi connectivity index (χ2v) is 3.53. The molecule has 0 aliphatic rings. The van der Waals surface area contributed by atoms with Crippen LogP contribution in [0.15, 0.2) is 12.1 Å². The number of aryl methyl sites for hydroxylation is 3. The van der Waals surface area contributed by atoms with Crippen LogP contribution in [-0.4, -0.2) is 0 Å². The summed E-state index contributed by atoms with van der Waals surface area (Å²) in [7, 11) is 0. The van der Waals surface area contributed by atoms with Gasteiger partial charge < -0.3 is 0 Å². The Morgan fingerprint density at radius 1 is 1.15 bits per heavy atom. The van der Waals surface area contributed by atoms with Gasteiger partial charge in [-0.05, 0) is 55.9 Å². The summed E-state index contributed by atoms with van der Waals surface area (Å²) in [5.74, 6) is 2.42. The van der Waals surface area contributed by atoms with Crippen molar-refractivity contribution >= 4 is 0 Å². The third kappa shape index (κ3) is 2.36. The molecular weight excluding hydrogens is 156 g/mol. The lowest BCUT2D eigenvalue weighted by Crippen LogP contribution is -1.91. The van der Waals surface area contributed by atoms with Gasteiger partial charge >= 0.3 is 0 Å². The monoisotopic (exact) mass is 171 g/mol. The Kier molecular flexibility index (Phi) is 3.14. The van der Waals surface area contributed by atoms with Gasteiger partial charge in [-0.3, -0.25) is 0 Å². The maximum atomic E-state index is 6.85. The minimum atomic E-state index is 0.724. The van der Waals surface area contributed by atoms with E-state index in [9.17, 15) is 0 Å². The fourth-order valence-corrected chi connectivity index (χ4v) is 1.48. The van der Waals surface area contributed by atoms with Crippen LogP contribution >= 0.6 is 0 Å². The molecule has 0 aliphatic carbocycles. The quantitative estimate of drug-likeness (QED) is 0.600. The van der Waals surface area contributed by atoms with Crippen molar-refractivity contribution in [1.29, 1.82) is 0 Å². The zero-order valence-electron chi connectivity index (χ0n) is 8.57. The van der Waals surface area contributed by atoms with Crippen LogP contribution in [0, 0.1) is 33.1 Å². The Bertz CT molecular complexity index is 317. The first-order valence-corrected chi connectivity index (χ1v) is 4.61. The van der Waals surface area contributed by atoms with E-state index < -0.39 is 0 Å². The van der Waals surface area contributed by atoms with E-state index in [0.29, 0.717) is 0 Å². The Balaban J connectivity index is 2.94. The second-order valence-electron chi connectivity index (χ2n) is 3.53. The lowest BCUT2D eigenvalue weighted by Gasteiger charge is -2.07. The Morgan fingerprint density at radius 2 is 1.69 bits per heavy atom. The number of rotatable bonds is 2. The fraction of sp³-hybridized carbons (Fsp3) is 0.385. The molecular formula is C13H15. The van der Waals surface area contributed by atoms with E-state index in [2.05, 4.69) is 38.8 Å². The Morgan fingerprint density at radius 3 is 2.15 bits per heavy atom. The summed E-state index contributed by atoms with van der Waals surface area (Å²) >= 11 is 0. The summed E-state index contributed by atoms with van der Waals surface area (Å²) in [5, 5.41) is 0. The summed E-state index contributed by atoms with van der Waals surface area (Å²) in [6.45, 7) is 6.43. The van der Waals surface area contributed by atoms with Gasteiger partial charge in [-0.2, -0.15) is 0 Å². The van der Waals surface area contributed by atoms with Crippen LogP contribution in [0.5, 0.6) is 0 Å². The van der Waals surface area contributed by atoms with Crippen LogP contribution in [0.25, 0.3) is 0 Å². The first kappa shape index (κ1) is 9.86. The van der Waals surface area contributed by atoms with Crippen LogP contribution in [0.2, 0.25) is 0 Å². The smallest absolute Gasteiger partial charge is 0.0139 e. The molecule has 0 unspecified atom stereocenters. The molecule has 67 valence electrons. The molecule has 1 aromatic rings. The van der Waals surface area contributed by atoms with Gasteiger partial charge in [0, 0.05) is 6.42 Å². The van der Waals surface area contributed by atoms with E-state index in [0.717, 1.165) is 12.8 Å². The molecule has 1 radical (unpaired) electrons. The second kappa shape index (κ2) is 4.14. The molecule has 0 fully saturated rings. The molecule has 0 amide bonds. The largest absolute Gasteiger partial charge is 0.0888 e. The van der Waals surface area contributed by atoms with E-state index in [-0.39, 0.29) is 0 Å². The highest BCUT2D eigenvalue weighted by atomic mass is 14.0. The van der Waals surface area contributed by atoms with Crippen molar-refractivity contribution in [2.75, 3.05) is 0 Å². The highest BCUT2D eigenvalue weighted by molar-refractivity contribution is 5.37. The first-order valence-electron chi connectivity index (χ1n) is 4.61. The maximum absolute atomic E-state index is 6.85. The highest BCUT2D eigenvalue weighted by Gasteiger charge is 1.99. The molecule has 0 bridgehead atoms. The van der Waals surface area contributed by atoms with Crippen LogP contribution in [0.1, 0.15) is 28.7 Å². The van der Waals surface area contributed by atoms with Crippen LogP contribution in [0.3, 0.4) is 0 Å². The first-order chi connectivity index (χ1) is 6.15. The molecule has 0 heteroatoms. The van der Waals surface area contributed by atoms with E-state index in [1.54, 1.807) is 0 Å². The average molecular weight is 171 g/mol. The molecule has 0 nitrogen and oxygen atoms in total. The fourth-order valence-electron chi connectivity index (χ4n) is 1.48. The molecule has 0 heterocycles. The van der Waals surface area contributed by atoms with E-state index in [4.69, 9.17) is 6.42 Å². The molecule has 0 spiro atoms. The van der Waals surface area contributed by atoms with E-state index >= 15 is 0 Å². The normalized spacial score (nSPS) is 9.69. The Hall–Kier alpha value is -1.22. The van der Waals surface area contributed by atoms with Crippen molar-refractivity contribution in [3.8, 4) is 5.92 Å². The van der Waals surface area contributed by atoms with Crippen molar-refractivity contribution in [2.45, 2.75) is 33.6 Å². The number of benzene rings is 1. The standard InChI is InChI=1S/C13H15/c1-5-6-7-13-8-10(2)12(4)11(3)9-13/h8-9H,6-7H2,2-4H3. The SMILES string of the molecule is [C]#CCCc1cc(C)c(C)c(C)c1. The van der Waals surface area contributed by atoms with Crippen LogP contribution < -0.4 is 0 Å². The molecule has 1 aromatic carbocycles. The van der Waals surface area contributed by atoms with Gasteiger partial charge in [0.2, 0.25) is 0 Å². The van der Waals surface area contributed by atoms with Crippen molar-refractivity contribution in [3.05, 3.63) is 40.8 Å². The van der Waals surface area contributed by atoms with Gasteiger partial charge in [0.25, 0.3) is 0 Å². The maximum Gasteiger partial charge on any atom is 0.0139 e. The topological polar surface area (TPSA) is 0 Å². The van der Waals surface area contributed by atoms with Crippen LogP contribution in [0.4, 0.5) is 0 Å². The zero-order valence-corrected chi connectivity index (χ0v) is 8.57. The van der Waals surface area contributed by atoms with E-state index in [1.807, 2.05) is 0 Å². The highest BCUT2D eigenvalue weighted by Crippen LogP contribution is 2.16. The summed E-state index contributed by atoms with van der Waals surface area (Å²) < 4.78 is 0. The molecule has 0 aliphatic heterocycles. The number of hydrogen-bond acceptors (Lipinski definition) is 0. The average Bonchev–Trinajstić information content (AvgIpc) is 2.10. The molecule has 0 atom stereocenters. The van der Waals surface area contributed by atoms with Crippen LogP contribution in [-0.2, 0) is 6.42 Å². The third-order valence-electron chi connectivity index (χ3n) is 2.53. The zero-order chi connectivity index (χ0) is 9.84. The molecule has 0 saturated carbocycles. The van der Waals surface area contributed by atoms with Gasteiger partial charge in [-0.1, -0.05) is 18.1 Å². The summed E-state index contributed by atoms with van der Waals surface area (Å²) in [6.07, 6.45) is 8.51. The predicted octanol–water partition coefficient (Wildman–Crippen LogP) is 3.13. The minimum Gasteiger partial charge on any atom is -0.0888 e. The summed E-state index contributed by atoms with van der Waals surface area (Å²) in [5.41, 5.74) is 5.39. The van der Waals surface area contributed by atoms with Crippen molar-refractivity contribution in [1.82, 2.24) is 0 Å². The van der Waals surface area contributed by atoms with Gasteiger partial charge in [-0.25, -0.2) is 0 Å². The predicted molar refractivity (Wildman–Crippen MR) is 56.1 cm³/mol. The van der Waals surface area contributed by atoms with Gasteiger partial charge in [0.1, 0.15) is 0 Å². The van der Waals surface area contributed by atoms with E-state index in [1.165, 1.54) is 22.3 Å². The van der Waals surface area contributed by atoms with Crippen molar-refractivity contribution < 1.29 is 0 Å². The lowest BCUT2D eigenvalue weighted by molar-refractivity contribution is 1.01.